The number of hydrogen-bond acceptors (Lipinski definition) is 2. The number of hydrogen-bond donors (Lipinski definition) is 0. The lowest BCUT2D eigenvalue weighted by molar-refractivity contribution is 0.0800. The predicted octanol–water partition coefficient (Wildman–Crippen LogP) is 4.80. The van der Waals surface area contributed by atoms with Crippen LogP contribution in [0.2, 0.25) is 0 Å². The highest BCUT2D eigenvalue weighted by molar-refractivity contribution is 5.81. The zero-order valence-electron chi connectivity index (χ0n) is 14.0. The average Bonchev–Trinajstić information content (AvgIpc) is 2.95. The van der Waals surface area contributed by atoms with Gasteiger partial charge in [-0.15, -0.1) is 0 Å². The van der Waals surface area contributed by atoms with Crippen molar-refractivity contribution in [3.8, 4) is 5.75 Å². The zero-order chi connectivity index (χ0) is 16.2. The van der Waals surface area contributed by atoms with Crippen molar-refractivity contribution < 1.29 is 9.47 Å². The highest BCUT2D eigenvalue weighted by Gasteiger charge is 2.18. The van der Waals surface area contributed by atoms with E-state index in [0.717, 1.165) is 24.2 Å². The van der Waals surface area contributed by atoms with Crippen LogP contribution in [0, 0.1) is 0 Å². The number of nitrogens with zero attached hydrogens (tertiary/aromatic N) is 1. The fourth-order valence-corrected chi connectivity index (χ4v) is 3.12. The second-order valence-electron chi connectivity index (χ2n) is 5.68. The SMILES string of the molecule is CCCc1cc2ccccc2n1C(OC)c1ccc(OC)cc1. The molecule has 0 saturated carbocycles. The van der Waals surface area contributed by atoms with Crippen molar-refractivity contribution in [2.24, 2.45) is 0 Å². The lowest BCUT2D eigenvalue weighted by atomic mass is 10.1. The molecule has 0 radical (unpaired) electrons. The van der Waals surface area contributed by atoms with Crippen LogP contribution in [0.3, 0.4) is 0 Å². The monoisotopic (exact) mass is 309 g/mol. The van der Waals surface area contributed by atoms with Gasteiger partial charge < -0.3 is 14.0 Å². The van der Waals surface area contributed by atoms with Gasteiger partial charge in [0.1, 0.15) is 5.75 Å². The van der Waals surface area contributed by atoms with Gasteiger partial charge in [0.25, 0.3) is 0 Å². The van der Waals surface area contributed by atoms with Crippen molar-refractivity contribution in [1.29, 1.82) is 0 Å². The molecule has 3 nitrogen and oxygen atoms in total. The first kappa shape index (κ1) is 15.6. The molecule has 3 rings (SSSR count). The molecule has 0 bridgehead atoms. The Labute approximate surface area is 137 Å². The van der Waals surface area contributed by atoms with E-state index in [9.17, 15) is 0 Å². The number of benzene rings is 2. The molecule has 0 aliphatic carbocycles. The number of aromatic nitrogens is 1. The first-order chi connectivity index (χ1) is 11.3. The quantitative estimate of drug-likeness (QED) is 0.653. The number of methoxy groups -OCH3 is 2. The van der Waals surface area contributed by atoms with Crippen LogP contribution >= 0.6 is 0 Å². The molecule has 0 aliphatic rings. The zero-order valence-corrected chi connectivity index (χ0v) is 14.0. The van der Waals surface area contributed by atoms with Crippen molar-refractivity contribution in [3.63, 3.8) is 0 Å². The van der Waals surface area contributed by atoms with E-state index in [-0.39, 0.29) is 6.23 Å². The number of fused-ring (bicyclic) bond motifs is 1. The van der Waals surface area contributed by atoms with Gasteiger partial charge in [0.05, 0.1) is 12.6 Å². The third-order valence-corrected chi connectivity index (χ3v) is 4.19. The molecular formula is C20H23NO2. The highest BCUT2D eigenvalue weighted by Crippen LogP contribution is 2.30. The number of para-hydroxylation sites is 1. The Morgan fingerprint density at radius 1 is 1.00 bits per heavy atom. The van der Waals surface area contributed by atoms with Gasteiger partial charge in [0.15, 0.2) is 6.23 Å². The Hall–Kier alpha value is -2.26. The third kappa shape index (κ3) is 2.97. The fourth-order valence-electron chi connectivity index (χ4n) is 3.12. The summed E-state index contributed by atoms with van der Waals surface area (Å²) in [4.78, 5) is 0. The van der Waals surface area contributed by atoms with E-state index < -0.39 is 0 Å². The Morgan fingerprint density at radius 2 is 1.74 bits per heavy atom. The van der Waals surface area contributed by atoms with Crippen molar-refractivity contribution in [2.45, 2.75) is 26.0 Å². The molecule has 120 valence electrons. The van der Waals surface area contributed by atoms with E-state index >= 15 is 0 Å². The molecule has 1 unspecified atom stereocenters. The van der Waals surface area contributed by atoms with Crippen LogP contribution in [0.4, 0.5) is 0 Å². The third-order valence-electron chi connectivity index (χ3n) is 4.19. The molecule has 2 aromatic carbocycles. The van der Waals surface area contributed by atoms with Gasteiger partial charge in [-0.3, -0.25) is 0 Å². The second kappa shape index (κ2) is 6.88. The summed E-state index contributed by atoms with van der Waals surface area (Å²) >= 11 is 0. The van der Waals surface area contributed by atoms with Crippen LogP contribution in [0.1, 0.15) is 30.8 Å². The molecule has 0 fully saturated rings. The standard InChI is InChI=1S/C20H23NO2/c1-4-7-17-14-16-8-5-6-9-19(16)21(17)20(23-3)15-10-12-18(22-2)13-11-15/h5-6,8-14,20H,4,7H2,1-3H3. The predicted molar refractivity (Wildman–Crippen MR) is 94.1 cm³/mol. The summed E-state index contributed by atoms with van der Waals surface area (Å²) in [5, 5.41) is 1.26. The fraction of sp³-hybridized carbons (Fsp3) is 0.300. The Morgan fingerprint density at radius 3 is 2.39 bits per heavy atom. The largest absolute Gasteiger partial charge is 0.497 e. The molecule has 3 aromatic rings. The van der Waals surface area contributed by atoms with E-state index in [4.69, 9.17) is 9.47 Å². The molecule has 23 heavy (non-hydrogen) atoms. The normalized spacial score (nSPS) is 12.5. The molecule has 1 aromatic heterocycles. The van der Waals surface area contributed by atoms with Crippen molar-refractivity contribution in [2.75, 3.05) is 14.2 Å². The van der Waals surface area contributed by atoms with Gasteiger partial charge in [-0.2, -0.15) is 0 Å². The maximum atomic E-state index is 5.87. The minimum Gasteiger partial charge on any atom is -0.497 e. The van der Waals surface area contributed by atoms with Crippen LogP contribution in [-0.4, -0.2) is 18.8 Å². The van der Waals surface area contributed by atoms with E-state index in [1.807, 2.05) is 12.1 Å². The molecule has 0 amide bonds. The van der Waals surface area contributed by atoms with Crippen LogP contribution < -0.4 is 4.74 Å². The first-order valence-corrected chi connectivity index (χ1v) is 8.04. The van der Waals surface area contributed by atoms with Crippen molar-refractivity contribution in [3.05, 3.63) is 65.9 Å². The van der Waals surface area contributed by atoms with E-state index in [0.29, 0.717) is 0 Å². The topological polar surface area (TPSA) is 23.4 Å². The molecular weight excluding hydrogens is 286 g/mol. The molecule has 0 saturated heterocycles. The first-order valence-electron chi connectivity index (χ1n) is 8.04. The second-order valence-corrected chi connectivity index (χ2v) is 5.68. The minimum absolute atomic E-state index is 0.137. The van der Waals surface area contributed by atoms with Crippen LogP contribution in [0.5, 0.6) is 5.75 Å². The Balaban J connectivity index is 2.12. The van der Waals surface area contributed by atoms with E-state index in [1.165, 1.54) is 16.6 Å². The maximum Gasteiger partial charge on any atom is 0.160 e. The van der Waals surface area contributed by atoms with Gasteiger partial charge in [-0.1, -0.05) is 43.7 Å². The van der Waals surface area contributed by atoms with Gasteiger partial charge in [-0.25, -0.2) is 0 Å². The number of rotatable bonds is 6. The van der Waals surface area contributed by atoms with E-state index in [1.54, 1.807) is 14.2 Å². The molecule has 1 atom stereocenters. The van der Waals surface area contributed by atoms with Gasteiger partial charge in [0.2, 0.25) is 0 Å². The summed E-state index contributed by atoms with van der Waals surface area (Å²) in [5.74, 6) is 0.856. The summed E-state index contributed by atoms with van der Waals surface area (Å²) < 4.78 is 13.4. The van der Waals surface area contributed by atoms with Crippen molar-refractivity contribution >= 4 is 10.9 Å². The maximum absolute atomic E-state index is 5.87. The van der Waals surface area contributed by atoms with Crippen molar-refractivity contribution in [1.82, 2.24) is 4.57 Å². The molecule has 0 N–H and O–H groups in total. The summed E-state index contributed by atoms with van der Waals surface area (Å²) in [7, 11) is 3.45. The van der Waals surface area contributed by atoms with Crippen LogP contribution in [0.15, 0.2) is 54.6 Å². The van der Waals surface area contributed by atoms with E-state index in [2.05, 4.69) is 54.0 Å². The average molecular weight is 309 g/mol. The number of ether oxygens (including phenoxy) is 2. The van der Waals surface area contributed by atoms with Gasteiger partial charge in [0, 0.05) is 18.4 Å². The Bertz CT molecular complexity index is 774. The summed E-state index contributed by atoms with van der Waals surface area (Å²) in [5.41, 5.74) is 3.63. The lowest BCUT2D eigenvalue weighted by Gasteiger charge is -2.22. The minimum atomic E-state index is -0.137. The molecule has 1 heterocycles. The van der Waals surface area contributed by atoms with Crippen LogP contribution in [0.25, 0.3) is 10.9 Å². The van der Waals surface area contributed by atoms with Gasteiger partial charge in [-0.05, 0) is 36.1 Å². The summed E-state index contributed by atoms with van der Waals surface area (Å²) in [6.07, 6.45) is 2.00. The molecule has 0 spiro atoms. The highest BCUT2D eigenvalue weighted by atomic mass is 16.5. The molecule has 0 aliphatic heterocycles. The summed E-state index contributed by atoms with van der Waals surface area (Å²) in [6, 6.07) is 18.8. The number of aryl methyl sites for hydroxylation is 1. The smallest absolute Gasteiger partial charge is 0.160 e. The Kier molecular flexibility index (Phi) is 4.68. The molecule has 3 heteroatoms. The van der Waals surface area contributed by atoms with Crippen LogP contribution in [-0.2, 0) is 11.2 Å². The van der Waals surface area contributed by atoms with Gasteiger partial charge >= 0.3 is 0 Å². The summed E-state index contributed by atoms with van der Waals surface area (Å²) in [6.45, 7) is 2.21. The lowest BCUT2D eigenvalue weighted by Crippen LogP contribution is -2.15.